The van der Waals surface area contributed by atoms with Gasteiger partial charge in [-0.05, 0) is 45.0 Å². The van der Waals surface area contributed by atoms with E-state index in [9.17, 15) is 4.79 Å². The van der Waals surface area contributed by atoms with Crippen LogP contribution in [0, 0.1) is 0 Å². The zero-order valence-corrected chi connectivity index (χ0v) is 15.9. The first-order chi connectivity index (χ1) is 12.5. The van der Waals surface area contributed by atoms with E-state index in [0.29, 0.717) is 17.3 Å². The molecule has 5 nitrogen and oxygen atoms in total. The van der Waals surface area contributed by atoms with Gasteiger partial charge in [-0.2, -0.15) is 0 Å². The fraction of sp³-hybridized carbons (Fsp3) is 0.350. The monoisotopic (exact) mass is 374 g/mol. The van der Waals surface area contributed by atoms with E-state index in [1.54, 1.807) is 31.2 Å². The number of ether oxygens (including phenoxy) is 2. The summed E-state index contributed by atoms with van der Waals surface area (Å²) in [4.78, 5) is 12.5. The number of halogens is 1. The van der Waals surface area contributed by atoms with Gasteiger partial charge in [0.2, 0.25) is 5.91 Å². The largest absolute Gasteiger partial charge is 0.492 e. The number of hydrogen-bond acceptors (Lipinski definition) is 4. The molecular formula is C20H23ClN2O3. The van der Waals surface area contributed by atoms with E-state index in [4.69, 9.17) is 21.1 Å². The molecule has 1 aliphatic rings. The van der Waals surface area contributed by atoms with Gasteiger partial charge in [-0.15, -0.1) is 0 Å². The van der Waals surface area contributed by atoms with Crippen LogP contribution in [-0.2, 0) is 11.2 Å². The minimum absolute atomic E-state index is 0.151. The van der Waals surface area contributed by atoms with Crippen molar-refractivity contribution < 1.29 is 14.3 Å². The summed E-state index contributed by atoms with van der Waals surface area (Å²) in [6.45, 7) is 6.32. The third kappa shape index (κ3) is 4.22. The minimum atomic E-state index is -0.468. The molecule has 0 aromatic heterocycles. The number of rotatable bonds is 6. The summed E-state index contributed by atoms with van der Waals surface area (Å²) in [5.41, 5.74) is 2.53. The predicted molar refractivity (Wildman–Crippen MR) is 105 cm³/mol. The summed E-state index contributed by atoms with van der Waals surface area (Å²) in [6.07, 6.45) is 1.01. The van der Waals surface area contributed by atoms with Crippen molar-refractivity contribution in [2.45, 2.75) is 39.3 Å². The number of carbonyl (C=O) groups is 1. The Morgan fingerprint density at radius 3 is 2.92 bits per heavy atom. The Kier molecular flexibility index (Phi) is 5.57. The van der Waals surface area contributed by atoms with Crippen LogP contribution in [0.4, 0.5) is 11.4 Å². The Bertz CT molecular complexity index is 810. The summed E-state index contributed by atoms with van der Waals surface area (Å²) in [5.74, 6) is 1.40. The van der Waals surface area contributed by atoms with Crippen LogP contribution < -0.4 is 20.1 Å². The molecule has 0 spiro atoms. The van der Waals surface area contributed by atoms with E-state index < -0.39 is 6.04 Å². The van der Waals surface area contributed by atoms with Crippen LogP contribution in [0.1, 0.15) is 26.3 Å². The van der Waals surface area contributed by atoms with Crippen molar-refractivity contribution in [1.29, 1.82) is 0 Å². The Labute approximate surface area is 158 Å². The van der Waals surface area contributed by atoms with Crippen LogP contribution in [-0.4, -0.2) is 24.7 Å². The predicted octanol–water partition coefficient (Wildman–Crippen LogP) is 4.50. The van der Waals surface area contributed by atoms with Crippen molar-refractivity contribution in [3.8, 4) is 11.5 Å². The molecule has 0 saturated carbocycles. The SMILES string of the molecule is CCOc1cc2c(cc1N[C@@H](C)C(=O)Nc1cccc(Cl)c1)O[C@H](C)C2. The van der Waals surface area contributed by atoms with E-state index in [0.717, 1.165) is 29.2 Å². The topological polar surface area (TPSA) is 59.6 Å². The number of amides is 1. The lowest BCUT2D eigenvalue weighted by molar-refractivity contribution is -0.116. The van der Waals surface area contributed by atoms with Crippen LogP contribution in [0.2, 0.25) is 5.02 Å². The summed E-state index contributed by atoms with van der Waals surface area (Å²) in [7, 11) is 0. The van der Waals surface area contributed by atoms with Crippen molar-refractivity contribution >= 4 is 28.9 Å². The molecule has 2 aromatic carbocycles. The van der Waals surface area contributed by atoms with Crippen molar-refractivity contribution in [1.82, 2.24) is 0 Å². The number of fused-ring (bicyclic) bond motifs is 1. The maximum absolute atomic E-state index is 12.5. The molecule has 0 aliphatic carbocycles. The number of benzene rings is 2. The lowest BCUT2D eigenvalue weighted by Crippen LogP contribution is -2.32. The Morgan fingerprint density at radius 2 is 2.19 bits per heavy atom. The van der Waals surface area contributed by atoms with Gasteiger partial charge >= 0.3 is 0 Å². The molecule has 0 radical (unpaired) electrons. The zero-order chi connectivity index (χ0) is 18.7. The fourth-order valence-corrected chi connectivity index (χ4v) is 3.13. The highest BCUT2D eigenvalue weighted by molar-refractivity contribution is 6.30. The van der Waals surface area contributed by atoms with E-state index in [1.165, 1.54) is 0 Å². The normalized spacial score (nSPS) is 16.4. The van der Waals surface area contributed by atoms with Gasteiger partial charge in [0.15, 0.2) is 0 Å². The van der Waals surface area contributed by atoms with Gasteiger partial charge in [-0.25, -0.2) is 0 Å². The Hall–Kier alpha value is -2.40. The van der Waals surface area contributed by atoms with Crippen LogP contribution in [0.3, 0.4) is 0 Å². The molecule has 0 unspecified atom stereocenters. The second kappa shape index (κ2) is 7.87. The van der Waals surface area contributed by atoms with Gasteiger partial charge in [0.1, 0.15) is 23.6 Å². The Morgan fingerprint density at radius 1 is 1.38 bits per heavy atom. The van der Waals surface area contributed by atoms with Gasteiger partial charge in [-0.1, -0.05) is 17.7 Å². The smallest absolute Gasteiger partial charge is 0.246 e. The molecule has 138 valence electrons. The molecule has 0 bridgehead atoms. The minimum Gasteiger partial charge on any atom is -0.492 e. The lowest BCUT2D eigenvalue weighted by Gasteiger charge is -2.19. The molecule has 1 heterocycles. The van der Waals surface area contributed by atoms with Crippen molar-refractivity contribution in [3.63, 3.8) is 0 Å². The fourth-order valence-electron chi connectivity index (χ4n) is 2.94. The second-order valence-electron chi connectivity index (χ2n) is 6.39. The molecule has 6 heteroatoms. The van der Waals surface area contributed by atoms with Crippen LogP contribution >= 0.6 is 11.6 Å². The summed E-state index contributed by atoms with van der Waals surface area (Å²) < 4.78 is 11.6. The molecule has 1 aliphatic heterocycles. The van der Waals surface area contributed by atoms with E-state index in [1.807, 2.05) is 26.0 Å². The first-order valence-electron chi connectivity index (χ1n) is 8.75. The average Bonchev–Trinajstić information content (AvgIpc) is 2.94. The standard InChI is InChI=1S/C20H23ClN2O3/c1-4-25-19-9-14-8-12(2)26-18(14)11-17(19)22-13(3)20(24)23-16-7-5-6-15(21)10-16/h5-7,9-13,22H,4,8H2,1-3H3,(H,23,24)/t12-,13+/m1/s1. The molecule has 0 fully saturated rings. The van der Waals surface area contributed by atoms with Gasteiger partial charge in [0, 0.05) is 28.8 Å². The first kappa shape index (κ1) is 18.4. The highest BCUT2D eigenvalue weighted by Gasteiger charge is 2.23. The quantitative estimate of drug-likeness (QED) is 0.781. The van der Waals surface area contributed by atoms with Crippen molar-refractivity contribution in [2.24, 2.45) is 0 Å². The first-order valence-corrected chi connectivity index (χ1v) is 9.13. The third-order valence-corrected chi connectivity index (χ3v) is 4.39. The molecule has 2 atom stereocenters. The third-order valence-electron chi connectivity index (χ3n) is 4.16. The average molecular weight is 375 g/mol. The van der Waals surface area contributed by atoms with Crippen LogP contribution in [0.5, 0.6) is 11.5 Å². The van der Waals surface area contributed by atoms with Gasteiger partial charge in [-0.3, -0.25) is 4.79 Å². The molecule has 3 rings (SSSR count). The Balaban J connectivity index is 1.74. The molecule has 0 saturated heterocycles. The second-order valence-corrected chi connectivity index (χ2v) is 6.82. The van der Waals surface area contributed by atoms with Gasteiger partial charge < -0.3 is 20.1 Å². The van der Waals surface area contributed by atoms with Crippen LogP contribution in [0.15, 0.2) is 36.4 Å². The molecule has 2 aromatic rings. The van der Waals surface area contributed by atoms with Crippen molar-refractivity contribution in [2.75, 3.05) is 17.2 Å². The molecule has 1 amide bonds. The molecule has 2 N–H and O–H groups in total. The van der Waals surface area contributed by atoms with E-state index >= 15 is 0 Å². The van der Waals surface area contributed by atoms with Crippen LogP contribution in [0.25, 0.3) is 0 Å². The maximum atomic E-state index is 12.5. The molecular weight excluding hydrogens is 352 g/mol. The number of carbonyl (C=O) groups excluding carboxylic acids is 1. The van der Waals surface area contributed by atoms with Gasteiger partial charge in [0.05, 0.1) is 12.3 Å². The number of hydrogen-bond donors (Lipinski definition) is 2. The maximum Gasteiger partial charge on any atom is 0.246 e. The molecule has 26 heavy (non-hydrogen) atoms. The lowest BCUT2D eigenvalue weighted by atomic mass is 10.1. The summed E-state index contributed by atoms with van der Waals surface area (Å²) in [6, 6.07) is 10.5. The van der Waals surface area contributed by atoms with E-state index in [-0.39, 0.29) is 12.0 Å². The number of nitrogens with one attached hydrogen (secondary N) is 2. The van der Waals surface area contributed by atoms with Crippen molar-refractivity contribution in [3.05, 3.63) is 47.0 Å². The summed E-state index contributed by atoms with van der Waals surface area (Å²) in [5, 5.41) is 6.66. The zero-order valence-electron chi connectivity index (χ0n) is 15.1. The van der Waals surface area contributed by atoms with Gasteiger partial charge in [0.25, 0.3) is 0 Å². The highest BCUT2D eigenvalue weighted by atomic mass is 35.5. The highest BCUT2D eigenvalue weighted by Crippen LogP contribution is 2.38. The number of anilines is 2. The van der Waals surface area contributed by atoms with E-state index in [2.05, 4.69) is 10.6 Å². The summed E-state index contributed by atoms with van der Waals surface area (Å²) >= 11 is 5.96.